The maximum atomic E-state index is 10.7. The minimum absolute atomic E-state index is 0.0166. The highest BCUT2D eigenvalue weighted by atomic mass is 16.5. The lowest BCUT2D eigenvalue weighted by Crippen LogP contribution is -1.98. The van der Waals surface area contributed by atoms with E-state index in [2.05, 4.69) is 10.2 Å². The van der Waals surface area contributed by atoms with Crippen LogP contribution in [0.15, 0.2) is 61.2 Å². The highest BCUT2D eigenvalue weighted by molar-refractivity contribution is 5.76. The summed E-state index contributed by atoms with van der Waals surface area (Å²) in [6.45, 7) is 0.459. The third-order valence-corrected chi connectivity index (χ3v) is 4.76. The van der Waals surface area contributed by atoms with E-state index in [4.69, 9.17) is 24.4 Å². The molecule has 2 aromatic heterocycles. The van der Waals surface area contributed by atoms with E-state index < -0.39 is 0 Å². The quantitative estimate of drug-likeness (QED) is 0.343. The first kappa shape index (κ1) is 28.6. The fourth-order valence-electron chi connectivity index (χ4n) is 2.92. The summed E-state index contributed by atoms with van der Waals surface area (Å²) in [5.74, 6) is 1.50. The molecule has 2 heterocycles. The summed E-state index contributed by atoms with van der Waals surface area (Å²) in [6, 6.07) is 9.52. The van der Waals surface area contributed by atoms with Crippen molar-refractivity contribution < 1.29 is 34.0 Å². The molecule has 2 N–H and O–H groups in total. The summed E-state index contributed by atoms with van der Waals surface area (Å²) < 4.78 is 19.0. The Morgan fingerprint density at radius 1 is 0.811 bits per heavy atom. The van der Waals surface area contributed by atoms with Crippen LogP contribution < -0.4 is 14.2 Å². The minimum Gasteiger partial charge on any atom is -0.504 e. The number of hydrogen-bond acceptors (Lipinski definition) is 9. The number of phenols is 1. The monoisotopic (exact) mass is 510 g/mol. The first-order valence-electron chi connectivity index (χ1n) is 11.0. The van der Waals surface area contributed by atoms with Gasteiger partial charge < -0.3 is 24.4 Å². The lowest BCUT2D eigenvalue weighted by Gasteiger charge is -2.10. The van der Waals surface area contributed by atoms with Crippen molar-refractivity contribution in [1.29, 1.82) is 0 Å². The van der Waals surface area contributed by atoms with E-state index in [1.807, 2.05) is 20.3 Å². The second-order valence-corrected chi connectivity index (χ2v) is 7.57. The molecule has 11 nitrogen and oxygen atoms in total. The summed E-state index contributed by atoms with van der Waals surface area (Å²) in [5.41, 5.74) is 2.80. The molecule has 0 saturated carbocycles. The Labute approximate surface area is 214 Å². The highest BCUT2D eigenvalue weighted by Gasteiger charge is 2.06. The molecule has 0 amide bonds. The maximum absolute atomic E-state index is 10.7. The average molecular weight is 511 g/mol. The number of carbonyl (C=O) groups excluding carboxylic acids is 2. The lowest BCUT2D eigenvalue weighted by molar-refractivity contribution is 0.111. The number of hydrogen-bond donors (Lipinski definition) is 2. The van der Waals surface area contributed by atoms with Crippen molar-refractivity contribution in [1.82, 2.24) is 19.6 Å². The smallest absolute Gasteiger partial charge is 0.162 e. The number of aromatic nitrogens is 4. The van der Waals surface area contributed by atoms with Crippen LogP contribution in [0.1, 0.15) is 31.8 Å². The number of rotatable bonds is 8. The fraction of sp³-hybridized carbons (Fsp3) is 0.231. The van der Waals surface area contributed by atoms with Gasteiger partial charge in [-0.2, -0.15) is 10.2 Å². The van der Waals surface area contributed by atoms with Crippen molar-refractivity contribution in [2.45, 2.75) is 13.2 Å². The molecule has 0 aliphatic carbocycles. The molecule has 0 radical (unpaired) electrons. The van der Waals surface area contributed by atoms with E-state index in [-0.39, 0.29) is 12.4 Å². The number of carbonyl (C=O) groups is 2. The average Bonchev–Trinajstić information content (AvgIpc) is 3.55. The molecule has 0 unspecified atom stereocenters. The molecule has 196 valence electrons. The van der Waals surface area contributed by atoms with Crippen molar-refractivity contribution in [3.8, 4) is 23.0 Å². The number of aryl methyl sites for hydroxylation is 2. The Hall–Kier alpha value is -4.64. The second-order valence-electron chi connectivity index (χ2n) is 7.57. The van der Waals surface area contributed by atoms with Crippen LogP contribution in [0.2, 0.25) is 0 Å². The number of aliphatic hydroxyl groups is 1. The van der Waals surface area contributed by atoms with Gasteiger partial charge in [0.2, 0.25) is 0 Å². The molecule has 4 rings (SSSR count). The van der Waals surface area contributed by atoms with Gasteiger partial charge in [-0.15, -0.1) is 0 Å². The van der Waals surface area contributed by atoms with Crippen LogP contribution in [0.25, 0.3) is 0 Å². The van der Waals surface area contributed by atoms with Crippen LogP contribution >= 0.6 is 0 Å². The van der Waals surface area contributed by atoms with Gasteiger partial charge in [0.05, 0.1) is 33.2 Å². The third kappa shape index (κ3) is 9.15. The summed E-state index contributed by atoms with van der Waals surface area (Å²) in [5, 5.41) is 25.5. The molecule has 2 aromatic carbocycles. The standard InChI is InChI=1S/C13H14N2O3.C8H8O3.C5H8N2O/c1-15-7-11(6-14-15)9-18-13-5-10(8-16)3-4-12(13)17-2;1-11-8-3-2-6(5-9)4-7(8)10;1-7-3-5(4-8)2-6-7/h3-8H,9H2,1-2H3;2-5,10H,1H3;2-3,8H,4H2,1H3. The molecule has 0 aliphatic heterocycles. The molecule has 11 heteroatoms. The zero-order valence-corrected chi connectivity index (χ0v) is 21.1. The number of nitrogens with zero attached hydrogens (tertiary/aromatic N) is 4. The van der Waals surface area contributed by atoms with E-state index in [1.54, 1.807) is 65.4 Å². The molecule has 37 heavy (non-hydrogen) atoms. The zero-order chi connectivity index (χ0) is 27.2. The minimum atomic E-state index is -0.0166. The molecule has 0 atom stereocenters. The molecule has 0 spiro atoms. The number of phenolic OH excluding ortho intramolecular Hbond substituents is 1. The summed E-state index contributed by atoms with van der Waals surface area (Å²) in [4.78, 5) is 20.9. The molecule has 0 saturated heterocycles. The first-order chi connectivity index (χ1) is 17.8. The summed E-state index contributed by atoms with van der Waals surface area (Å²) in [6.07, 6.45) is 8.46. The van der Waals surface area contributed by atoms with Crippen molar-refractivity contribution in [3.63, 3.8) is 0 Å². The van der Waals surface area contributed by atoms with Gasteiger partial charge in [0.1, 0.15) is 19.2 Å². The largest absolute Gasteiger partial charge is 0.504 e. The number of ether oxygens (including phenoxy) is 3. The predicted octanol–water partition coefficient (Wildman–Crippen LogP) is 2.95. The van der Waals surface area contributed by atoms with Crippen LogP contribution in [0.4, 0.5) is 0 Å². The van der Waals surface area contributed by atoms with E-state index in [9.17, 15) is 9.59 Å². The Balaban J connectivity index is 0.000000215. The Morgan fingerprint density at radius 3 is 1.78 bits per heavy atom. The van der Waals surface area contributed by atoms with Gasteiger partial charge >= 0.3 is 0 Å². The number of benzene rings is 2. The molecule has 0 aliphatic rings. The van der Waals surface area contributed by atoms with Gasteiger partial charge in [-0.3, -0.25) is 19.0 Å². The van der Waals surface area contributed by atoms with Gasteiger partial charge in [-0.25, -0.2) is 0 Å². The van der Waals surface area contributed by atoms with Gasteiger partial charge in [-0.05, 0) is 36.4 Å². The Kier molecular flexibility index (Phi) is 11.4. The highest BCUT2D eigenvalue weighted by Crippen LogP contribution is 2.28. The van der Waals surface area contributed by atoms with Gasteiger partial charge in [0.25, 0.3) is 0 Å². The normalized spacial score (nSPS) is 9.76. The molecule has 4 aromatic rings. The van der Waals surface area contributed by atoms with Gasteiger partial charge in [0, 0.05) is 48.7 Å². The number of aromatic hydroxyl groups is 1. The Morgan fingerprint density at radius 2 is 1.35 bits per heavy atom. The molecular weight excluding hydrogens is 480 g/mol. The zero-order valence-electron chi connectivity index (χ0n) is 21.1. The number of methoxy groups -OCH3 is 2. The van der Waals surface area contributed by atoms with Gasteiger partial charge in [-0.1, -0.05) is 0 Å². The van der Waals surface area contributed by atoms with Crippen LogP contribution in [0.3, 0.4) is 0 Å². The fourth-order valence-corrected chi connectivity index (χ4v) is 2.92. The summed E-state index contributed by atoms with van der Waals surface area (Å²) >= 11 is 0. The van der Waals surface area contributed by atoms with Gasteiger partial charge in [0.15, 0.2) is 23.0 Å². The second kappa shape index (κ2) is 14.7. The molecule has 0 bridgehead atoms. The lowest BCUT2D eigenvalue weighted by atomic mass is 10.2. The van der Waals surface area contributed by atoms with Crippen LogP contribution in [-0.4, -0.2) is 56.6 Å². The van der Waals surface area contributed by atoms with E-state index in [1.165, 1.54) is 13.2 Å². The molecular formula is C26H30N4O7. The van der Waals surface area contributed by atoms with Crippen LogP contribution in [0, 0.1) is 0 Å². The molecule has 0 fully saturated rings. The van der Waals surface area contributed by atoms with E-state index in [0.29, 0.717) is 41.3 Å². The number of aliphatic hydroxyl groups excluding tert-OH is 1. The third-order valence-electron chi connectivity index (χ3n) is 4.76. The van der Waals surface area contributed by atoms with E-state index >= 15 is 0 Å². The van der Waals surface area contributed by atoms with Crippen molar-refractivity contribution in [2.75, 3.05) is 14.2 Å². The van der Waals surface area contributed by atoms with E-state index in [0.717, 1.165) is 17.4 Å². The van der Waals surface area contributed by atoms with Crippen LogP contribution in [0.5, 0.6) is 23.0 Å². The van der Waals surface area contributed by atoms with Crippen molar-refractivity contribution >= 4 is 12.6 Å². The maximum Gasteiger partial charge on any atom is 0.162 e. The number of aldehydes is 2. The topological polar surface area (TPSA) is 138 Å². The van der Waals surface area contributed by atoms with Crippen LogP contribution in [-0.2, 0) is 27.3 Å². The Bertz CT molecular complexity index is 1280. The van der Waals surface area contributed by atoms with Crippen molar-refractivity contribution in [3.05, 3.63) is 83.4 Å². The SMILES string of the molecule is COc1ccc(C=O)cc1O.COc1ccc(C=O)cc1OCc1cnn(C)c1.Cn1cc(CO)cn1. The predicted molar refractivity (Wildman–Crippen MR) is 135 cm³/mol. The summed E-state index contributed by atoms with van der Waals surface area (Å²) in [7, 11) is 6.68. The first-order valence-corrected chi connectivity index (χ1v) is 11.0. The van der Waals surface area contributed by atoms with Crippen molar-refractivity contribution in [2.24, 2.45) is 14.1 Å².